The number of amides is 2. The molecule has 2 aromatic carbocycles. The van der Waals surface area contributed by atoms with Crippen LogP contribution in [-0.2, 0) is 12.4 Å². The number of rotatable bonds is 5. The lowest BCUT2D eigenvalue weighted by atomic mass is 10.1. The summed E-state index contributed by atoms with van der Waals surface area (Å²) in [7, 11) is 0. The lowest BCUT2D eigenvalue weighted by molar-refractivity contribution is -0.143. The fourth-order valence-electron chi connectivity index (χ4n) is 3.19. The van der Waals surface area contributed by atoms with Crippen LogP contribution in [0.2, 0.25) is 0 Å². The van der Waals surface area contributed by atoms with Crippen LogP contribution in [0.5, 0.6) is 0 Å². The Morgan fingerprint density at radius 1 is 0.806 bits per heavy atom. The summed E-state index contributed by atoms with van der Waals surface area (Å²) in [6, 6.07) is 9.51. The summed E-state index contributed by atoms with van der Waals surface area (Å²) in [6.07, 6.45) is -5.01. The highest BCUT2D eigenvalue weighted by atomic mass is 19.4. The zero-order valence-corrected chi connectivity index (χ0v) is 18.0. The number of urea groups is 1. The number of carbonyl (C=O) groups excluding carboxylic acids is 1. The first-order chi connectivity index (χ1) is 17.0. The molecule has 0 spiro atoms. The number of nitrogens with zero attached hydrogens (tertiary/aromatic N) is 2. The molecule has 0 saturated carbocycles. The quantitative estimate of drug-likeness (QED) is 0.222. The fraction of sp³-hybridized carbons (Fsp3) is 0.0870. The smallest absolute Gasteiger partial charge is 0.367 e. The highest BCUT2D eigenvalue weighted by molar-refractivity contribution is 6.00. The Kier molecular flexibility index (Phi) is 6.55. The van der Waals surface area contributed by atoms with E-state index in [0.717, 1.165) is 5.56 Å². The number of hydrogen-bond acceptors (Lipinski definition) is 4. The van der Waals surface area contributed by atoms with Crippen molar-refractivity contribution in [1.29, 1.82) is 0 Å². The average Bonchev–Trinajstić information content (AvgIpc) is 3.33. The Bertz CT molecular complexity index is 1340. The van der Waals surface area contributed by atoms with Crippen molar-refractivity contribution in [3.05, 3.63) is 84.3 Å². The Morgan fingerprint density at radius 3 is 2.11 bits per heavy atom. The number of aromatic nitrogens is 3. The summed E-state index contributed by atoms with van der Waals surface area (Å²) in [5, 5.41) is 7.34. The van der Waals surface area contributed by atoms with E-state index in [1.807, 2.05) is 11.4 Å². The predicted octanol–water partition coefficient (Wildman–Crippen LogP) is 6.90. The normalized spacial score (nSPS) is 11.7. The van der Waals surface area contributed by atoms with Crippen LogP contribution in [0.1, 0.15) is 11.1 Å². The SMILES string of the molecule is O=C(Nc1cccc(Nc2nccc(-c3cc[nH]c3)n2)c1)Nc1cc(C(F)(F)F)cc(C(F)(F)F)c1. The summed E-state index contributed by atoms with van der Waals surface area (Å²) < 4.78 is 78.2. The van der Waals surface area contributed by atoms with Gasteiger partial charge in [0.25, 0.3) is 0 Å². The van der Waals surface area contributed by atoms with E-state index < -0.39 is 35.2 Å². The first-order valence-electron chi connectivity index (χ1n) is 10.2. The molecule has 0 atom stereocenters. The topological polar surface area (TPSA) is 94.7 Å². The van der Waals surface area contributed by atoms with Crippen LogP contribution in [0.4, 0.5) is 54.1 Å². The minimum absolute atomic E-state index is 0.0225. The molecule has 2 amide bonds. The van der Waals surface area contributed by atoms with E-state index in [-0.39, 0.29) is 17.7 Å². The van der Waals surface area contributed by atoms with Crippen molar-refractivity contribution < 1.29 is 31.1 Å². The number of hydrogen-bond donors (Lipinski definition) is 4. The summed E-state index contributed by atoms with van der Waals surface area (Å²) in [5.74, 6) is 0.263. The molecule has 36 heavy (non-hydrogen) atoms. The molecule has 0 saturated heterocycles. The molecule has 13 heteroatoms. The van der Waals surface area contributed by atoms with Crippen LogP contribution in [0, 0.1) is 0 Å². The van der Waals surface area contributed by atoms with Gasteiger partial charge in [0.15, 0.2) is 0 Å². The van der Waals surface area contributed by atoms with Gasteiger partial charge in [-0.25, -0.2) is 14.8 Å². The molecule has 2 heterocycles. The Balaban J connectivity index is 1.48. The van der Waals surface area contributed by atoms with E-state index in [1.54, 1.807) is 36.8 Å². The van der Waals surface area contributed by atoms with Gasteiger partial charge in [-0.05, 0) is 48.5 Å². The predicted molar refractivity (Wildman–Crippen MR) is 121 cm³/mol. The van der Waals surface area contributed by atoms with Gasteiger partial charge in [0.1, 0.15) is 0 Å². The molecule has 4 aromatic rings. The fourth-order valence-corrected chi connectivity index (χ4v) is 3.19. The second-order valence-corrected chi connectivity index (χ2v) is 7.44. The number of carbonyl (C=O) groups is 1. The van der Waals surface area contributed by atoms with Gasteiger partial charge in [-0.1, -0.05) is 6.07 Å². The third kappa shape index (κ3) is 6.11. The van der Waals surface area contributed by atoms with Crippen molar-refractivity contribution in [1.82, 2.24) is 15.0 Å². The maximum Gasteiger partial charge on any atom is 0.416 e. The minimum atomic E-state index is -5.03. The van der Waals surface area contributed by atoms with Gasteiger partial charge < -0.3 is 20.9 Å². The molecule has 2 aromatic heterocycles. The maximum absolute atomic E-state index is 13.0. The molecule has 0 unspecified atom stereocenters. The third-order valence-electron chi connectivity index (χ3n) is 4.77. The second kappa shape index (κ2) is 9.60. The first kappa shape index (κ1) is 24.6. The lowest BCUT2D eigenvalue weighted by Crippen LogP contribution is -2.20. The van der Waals surface area contributed by atoms with Crippen LogP contribution >= 0.6 is 0 Å². The van der Waals surface area contributed by atoms with E-state index in [9.17, 15) is 31.1 Å². The summed E-state index contributed by atoms with van der Waals surface area (Å²) in [4.78, 5) is 23.8. The van der Waals surface area contributed by atoms with Crippen molar-refractivity contribution in [2.24, 2.45) is 0 Å². The summed E-state index contributed by atoms with van der Waals surface area (Å²) in [5.41, 5.74) is -1.57. The number of aromatic amines is 1. The molecule has 0 aliphatic carbocycles. The molecular weight excluding hydrogens is 490 g/mol. The average molecular weight is 506 g/mol. The number of nitrogens with one attached hydrogen (secondary N) is 4. The van der Waals surface area contributed by atoms with Crippen molar-refractivity contribution >= 4 is 29.0 Å². The van der Waals surface area contributed by atoms with Gasteiger partial charge in [-0.3, -0.25) is 0 Å². The van der Waals surface area contributed by atoms with Crippen molar-refractivity contribution in [3.8, 4) is 11.3 Å². The van der Waals surface area contributed by atoms with Crippen molar-refractivity contribution in [3.63, 3.8) is 0 Å². The van der Waals surface area contributed by atoms with Gasteiger partial charge in [0, 0.05) is 41.2 Å². The summed E-state index contributed by atoms with van der Waals surface area (Å²) in [6.45, 7) is 0. The lowest BCUT2D eigenvalue weighted by Gasteiger charge is -2.15. The largest absolute Gasteiger partial charge is 0.416 e. The van der Waals surface area contributed by atoms with Crippen LogP contribution in [0.15, 0.2) is 73.2 Å². The zero-order chi connectivity index (χ0) is 25.9. The Labute approximate surface area is 199 Å². The summed E-state index contributed by atoms with van der Waals surface area (Å²) >= 11 is 0. The van der Waals surface area contributed by atoms with Gasteiger partial charge in [-0.15, -0.1) is 0 Å². The van der Waals surface area contributed by atoms with Crippen molar-refractivity contribution in [2.45, 2.75) is 12.4 Å². The first-order valence-corrected chi connectivity index (χ1v) is 10.2. The van der Waals surface area contributed by atoms with E-state index in [4.69, 9.17) is 0 Å². The molecule has 0 radical (unpaired) electrons. The van der Waals surface area contributed by atoms with E-state index >= 15 is 0 Å². The molecule has 0 bridgehead atoms. The van der Waals surface area contributed by atoms with Gasteiger partial charge >= 0.3 is 18.4 Å². The number of benzene rings is 2. The molecule has 0 fully saturated rings. The third-order valence-corrected chi connectivity index (χ3v) is 4.77. The molecule has 7 nitrogen and oxygen atoms in total. The van der Waals surface area contributed by atoms with Gasteiger partial charge in [-0.2, -0.15) is 26.3 Å². The number of halogens is 6. The number of anilines is 4. The second-order valence-electron chi connectivity index (χ2n) is 7.44. The zero-order valence-electron chi connectivity index (χ0n) is 18.0. The molecular formula is C23H16F6N6O. The molecule has 0 aliphatic rings. The van der Waals surface area contributed by atoms with E-state index in [2.05, 4.69) is 25.6 Å². The van der Waals surface area contributed by atoms with Crippen LogP contribution in [-0.4, -0.2) is 21.0 Å². The standard InChI is InChI=1S/C23H16F6N6O/c24-22(25,26)14-8-15(23(27,28)29)10-18(9-14)34-21(36)33-17-3-1-2-16(11-17)32-20-31-7-5-19(35-20)13-4-6-30-12-13/h1-12,30H,(H,31,32,35)(H2,33,34,36). The Hall–Kier alpha value is -4.55. The van der Waals surface area contributed by atoms with Gasteiger partial charge in [0.05, 0.1) is 16.8 Å². The minimum Gasteiger partial charge on any atom is -0.367 e. The van der Waals surface area contributed by atoms with E-state index in [0.29, 0.717) is 23.5 Å². The maximum atomic E-state index is 13.0. The Morgan fingerprint density at radius 2 is 1.47 bits per heavy atom. The van der Waals surface area contributed by atoms with E-state index in [1.165, 1.54) is 12.1 Å². The number of H-pyrrole nitrogens is 1. The molecule has 186 valence electrons. The molecule has 4 N–H and O–H groups in total. The highest BCUT2D eigenvalue weighted by Crippen LogP contribution is 2.37. The van der Waals surface area contributed by atoms with Crippen molar-refractivity contribution in [2.75, 3.05) is 16.0 Å². The van der Waals surface area contributed by atoms with Crippen LogP contribution in [0.3, 0.4) is 0 Å². The highest BCUT2D eigenvalue weighted by Gasteiger charge is 2.37. The van der Waals surface area contributed by atoms with Gasteiger partial charge in [0.2, 0.25) is 5.95 Å². The van der Waals surface area contributed by atoms with Crippen LogP contribution in [0.25, 0.3) is 11.3 Å². The molecule has 4 rings (SSSR count). The number of alkyl halides is 6. The molecule has 0 aliphatic heterocycles. The monoisotopic (exact) mass is 506 g/mol. The van der Waals surface area contributed by atoms with Crippen LogP contribution < -0.4 is 16.0 Å².